The number of hydrogen-bond acceptors (Lipinski definition) is 7. The highest BCUT2D eigenvalue weighted by Crippen LogP contribution is 2.33. The van der Waals surface area contributed by atoms with Crippen molar-refractivity contribution in [3.05, 3.63) is 69.6 Å². The summed E-state index contributed by atoms with van der Waals surface area (Å²) in [5, 5.41) is 16.9. The molecule has 1 aromatic carbocycles. The molecule has 2 heterocycles. The average Bonchev–Trinajstić information content (AvgIpc) is 2.60. The monoisotopic (exact) mass is 378 g/mol. The molecule has 0 aliphatic carbocycles. The van der Waals surface area contributed by atoms with Gasteiger partial charge in [0, 0.05) is 12.3 Å². The van der Waals surface area contributed by atoms with Gasteiger partial charge in [0.05, 0.1) is 15.6 Å². The van der Waals surface area contributed by atoms with E-state index in [1.165, 1.54) is 18.3 Å². The van der Waals surface area contributed by atoms with Crippen molar-refractivity contribution in [2.75, 3.05) is 10.6 Å². The van der Waals surface area contributed by atoms with E-state index in [-0.39, 0.29) is 23.1 Å². The van der Waals surface area contributed by atoms with Crippen LogP contribution in [0.4, 0.5) is 37.6 Å². The Kier molecular flexibility index (Phi) is 4.85. The fraction of sp³-hybridized carbons (Fsp3) is 0. The molecule has 0 aliphatic rings. The fourth-order valence-corrected chi connectivity index (χ4v) is 2.14. The van der Waals surface area contributed by atoms with Crippen molar-refractivity contribution in [3.63, 3.8) is 0 Å². The first-order valence-corrected chi connectivity index (χ1v) is 7.42. The van der Waals surface area contributed by atoms with Gasteiger partial charge in [0.1, 0.15) is 23.8 Å². The van der Waals surface area contributed by atoms with Gasteiger partial charge in [-0.25, -0.2) is 23.7 Å². The molecule has 0 fully saturated rings. The molecule has 0 saturated carbocycles. The topological polar surface area (TPSA) is 106 Å². The zero-order chi connectivity index (χ0) is 18.7. The van der Waals surface area contributed by atoms with Crippen molar-refractivity contribution < 1.29 is 13.7 Å². The van der Waals surface area contributed by atoms with Gasteiger partial charge in [0.2, 0.25) is 11.6 Å². The van der Waals surface area contributed by atoms with Crippen LogP contribution in [0.2, 0.25) is 5.02 Å². The number of halogens is 3. The molecule has 3 aromatic rings. The van der Waals surface area contributed by atoms with E-state index in [0.29, 0.717) is 5.02 Å². The lowest BCUT2D eigenvalue weighted by molar-refractivity contribution is -0.383. The third-order valence-electron chi connectivity index (χ3n) is 3.16. The molecule has 0 radical (unpaired) electrons. The van der Waals surface area contributed by atoms with Crippen molar-refractivity contribution in [2.24, 2.45) is 0 Å². The zero-order valence-electron chi connectivity index (χ0n) is 12.8. The van der Waals surface area contributed by atoms with Gasteiger partial charge in [-0.05, 0) is 24.3 Å². The number of benzene rings is 1. The van der Waals surface area contributed by atoms with E-state index in [0.717, 1.165) is 24.5 Å². The minimum atomic E-state index is -0.798. The molecule has 0 saturated heterocycles. The third kappa shape index (κ3) is 3.81. The van der Waals surface area contributed by atoms with E-state index in [2.05, 4.69) is 25.6 Å². The van der Waals surface area contributed by atoms with Gasteiger partial charge in [-0.1, -0.05) is 11.6 Å². The summed E-state index contributed by atoms with van der Waals surface area (Å²) in [5.74, 6) is -1.76. The van der Waals surface area contributed by atoms with Crippen LogP contribution in [0.5, 0.6) is 0 Å². The van der Waals surface area contributed by atoms with Gasteiger partial charge in [0.15, 0.2) is 0 Å². The van der Waals surface area contributed by atoms with Gasteiger partial charge in [-0.15, -0.1) is 0 Å². The maximum atomic E-state index is 13.8. The molecular weight excluding hydrogens is 370 g/mol. The smallest absolute Gasteiger partial charge is 0.332 e. The Bertz CT molecular complexity index is 971. The molecule has 0 bridgehead atoms. The Hall–Kier alpha value is -3.40. The third-order valence-corrected chi connectivity index (χ3v) is 3.38. The van der Waals surface area contributed by atoms with Gasteiger partial charge in [-0.2, -0.15) is 0 Å². The summed E-state index contributed by atoms with van der Waals surface area (Å²) in [6.07, 6.45) is 2.38. The zero-order valence-corrected chi connectivity index (χ0v) is 13.5. The molecule has 0 atom stereocenters. The van der Waals surface area contributed by atoms with E-state index in [4.69, 9.17) is 11.6 Å². The minimum absolute atomic E-state index is 0.181. The lowest BCUT2D eigenvalue weighted by Crippen LogP contribution is -2.06. The van der Waals surface area contributed by atoms with Gasteiger partial charge < -0.3 is 10.6 Å². The molecule has 3 rings (SSSR count). The van der Waals surface area contributed by atoms with Crippen LogP contribution in [0.25, 0.3) is 0 Å². The molecule has 2 N–H and O–H groups in total. The van der Waals surface area contributed by atoms with E-state index in [9.17, 15) is 18.9 Å². The molecule has 8 nitrogen and oxygen atoms in total. The van der Waals surface area contributed by atoms with Gasteiger partial charge in [-0.3, -0.25) is 10.1 Å². The molecule has 0 amide bonds. The highest BCUT2D eigenvalue weighted by molar-refractivity contribution is 6.30. The Labute approximate surface area is 150 Å². The van der Waals surface area contributed by atoms with Crippen LogP contribution in [0.3, 0.4) is 0 Å². The van der Waals surface area contributed by atoms with Crippen molar-refractivity contribution in [3.8, 4) is 0 Å². The van der Waals surface area contributed by atoms with Crippen molar-refractivity contribution in [2.45, 2.75) is 0 Å². The molecule has 132 valence electrons. The van der Waals surface area contributed by atoms with E-state index in [1.807, 2.05) is 0 Å². The van der Waals surface area contributed by atoms with Gasteiger partial charge >= 0.3 is 5.69 Å². The largest absolute Gasteiger partial charge is 0.353 e. The summed E-state index contributed by atoms with van der Waals surface area (Å²) in [7, 11) is 0. The predicted molar refractivity (Wildman–Crippen MR) is 90.9 cm³/mol. The quantitative estimate of drug-likeness (QED) is 0.506. The summed E-state index contributed by atoms with van der Waals surface area (Å²) >= 11 is 5.74. The Morgan fingerprint density at radius 2 is 1.77 bits per heavy atom. The minimum Gasteiger partial charge on any atom is -0.332 e. The van der Waals surface area contributed by atoms with Crippen molar-refractivity contribution in [1.29, 1.82) is 0 Å². The number of rotatable bonds is 5. The van der Waals surface area contributed by atoms with Crippen LogP contribution in [0.15, 0.2) is 42.9 Å². The number of hydrogen-bond donors (Lipinski definition) is 2. The Balaban J connectivity index is 1.99. The SMILES string of the molecule is O=[N+]([O-])c1c(Nc2ccc(Cl)cn2)ncnc1Nc1cc(F)ccc1F. The number of nitrogens with one attached hydrogen (secondary N) is 2. The molecule has 26 heavy (non-hydrogen) atoms. The Morgan fingerprint density at radius 1 is 1.04 bits per heavy atom. The van der Waals surface area contributed by atoms with E-state index >= 15 is 0 Å². The predicted octanol–water partition coefficient (Wildman–Crippen LogP) is 4.20. The summed E-state index contributed by atoms with van der Waals surface area (Å²) in [5.41, 5.74) is -0.865. The van der Waals surface area contributed by atoms with Crippen molar-refractivity contribution >= 4 is 40.4 Å². The number of nitrogens with zero attached hydrogens (tertiary/aromatic N) is 4. The fourth-order valence-electron chi connectivity index (χ4n) is 2.03. The number of aromatic nitrogens is 3. The van der Waals surface area contributed by atoms with Crippen LogP contribution >= 0.6 is 11.6 Å². The normalized spacial score (nSPS) is 10.4. The molecular formula is C15H9ClF2N6O2. The second-order valence-corrected chi connectivity index (χ2v) is 5.35. The van der Waals surface area contributed by atoms with Crippen LogP contribution in [0.1, 0.15) is 0 Å². The highest BCUT2D eigenvalue weighted by Gasteiger charge is 2.24. The average molecular weight is 379 g/mol. The summed E-state index contributed by atoms with van der Waals surface area (Å²) in [6, 6.07) is 5.70. The maximum Gasteiger partial charge on any atom is 0.353 e. The van der Waals surface area contributed by atoms with Crippen LogP contribution in [-0.2, 0) is 0 Å². The molecule has 0 aliphatic heterocycles. The van der Waals surface area contributed by atoms with Crippen molar-refractivity contribution in [1.82, 2.24) is 15.0 Å². The van der Waals surface area contributed by atoms with Gasteiger partial charge in [0.25, 0.3) is 0 Å². The van der Waals surface area contributed by atoms with Crippen LogP contribution in [0, 0.1) is 21.7 Å². The molecule has 11 heteroatoms. The second kappa shape index (κ2) is 7.23. The summed E-state index contributed by atoms with van der Waals surface area (Å²) in [4.78, 5) is 22.2. The first kappa shape index (κ1) is 17.4. The lowest BCUT2D eigenvalue weighted by Gasteiger charge is -2.10. The summed E-state index contributed by atoms with van der Waals surface area (Å²) < 4.78 is 27.1. The van der Waals surface area contributed by atoms with E-state index in [1.54, 1.807) is 0 Å². The molecule has 0 unspecified atom stereocenters. The van der Waals surface area contributed by atoms with Crippen LogP contribution in [-0.4, -0.2) is 19.9 Å². The standard InChI is InChI=1S/C15H9ClF2N6O2/c16-8-1-4-12(19-6-8)23-15-13(24(25)26)14(20-7-21-15)22-11-5-9(17)2-3-10(11)18/h1-7H,(H2,19,20,21,22,23). The number of nitro groups is 1. The lowest BCUT2D eigenvalue weighted by atomic mass is 10.3. The maximum absolute atomic E-state index is 13.8. The first-order valence-electron chi connectivity index (χ1n) is 7.04. The number of anilines is 4. The van der Waals surface area contributed by atoms with E-state index < -0.39 is 22.2 Å². The molecule has 0 spiro atoms. The first-order chi connectivity index (χ1) is 12.4. The highest BCUT2D eigenvalue weighted by atomic mass is 35.5. The number of pyridine rings is 1. The van der Waals surface area contributed by atoms with Crippen LogP contribution < -0.4 is 10.6 Å². The second-order valence-electron chi connectivity index (χ2n) is 4.91. The Morgan fingerprint density at radius 3 is 2.42 bits per heavy atom. The summed E-state index contributed by atoms with van der Waals surface area (Å²) in [6.45, 7) is 0. The molecule has 2 aromatic heterocycles.